The molecule has 2 aromatic carbocycles. The van der Waals surface area contributed by atoms with Crippen molar-refractivity contribution in [1.82, 2.24) is 0 Å². The summed E-state index contributed by atoms with van der Waals surface area (Å²) >= 11 is 6.07. The number of rotatable bonds is 8. The number of carbonyl (C=O) groups is 2. The monoisotopic (exact) mass is 393 g/mol. The van der Waals surface area contributed by atoms with Crippen molar-refractivity contribution >= 4 is 29.2 Å². The van der Waals surface area contributed by atoms with Gasteiger partial charge < -0.3 is 24.3 Å². The smallest absolute Gasteiger partial charge is 0.338 e. The number of nitrogens with one attached hydrogen (secondary N) is 1. The minimum Gasteiger partial charge on any atom is -0.493 e. The van der Waals surface area contributed by atoms with Crippen LogP contribution in [0.2, 0.25) is 5.02 Å². The van der Waals surface area contributed by atoms with Crippen LogP contribution in [0.25, 0.3) is 0 Å². The van der Waals surface area contributed by atoms with E-state index in [0.29, 0.717) is 23.8 Å². The number of methoxy groups -OCH3 is 2. The number of hydrogen-bond donors (Lipinski definition) is 1. The zero-order chi connectivity index (χ0) is 19.8. The molecule has 0 fully saturated rings. The molecule has 0 aliphatic heterocycles. The van der Waals surface area contributed by atoms with Crippen LogP contribution in [0, 0.1) is 0 Å². The molecule has 8 heteroatoms. The maximum absolute atomic E-state index is 12.2. The summed E-state index contributed by atoms with van der Waals surface area (Å²) in [5.41, 5.74) is 0.634. The van der Waals surface area contributed by atoms with E-state index in [0.717, 1.165) is 0 Å². The summed E-state index contributed by atoms with van der Waals surface area (Å²) in [6, 6.07) is 9.79. The van der Waals surface area contributed by atoms with Crippen LogP contribution in [-0.2, 0) is 9.53 Å². The molecule has 0 saturated carbocycles. The molecule has 7 nitrogen and oxygen atoms in total. The standard InChI is InChI=1S/C19H20ClNO6/c1-4-26-15-8-6-5-7-14(15)21-17(22)11-27-19(23)12-9-13(20)18(25-3)16(10-12)24-2/h5-10H,4,11H2,1-3H3,(H,21,22). The summed E-state index contributed by atoms with van der Waals surface area (Å²) < 4.78 is 20.7. The molecular weight excluding hydrogens is 374 g/mol. The number of para-hydroxylation sites is 2. The van der Waals surface area contributed by atoms with Gasteiger partial charge in [0.15, 0.2) is 18.1 Å². The second kappa shape index (κ2) is 9.68. The van der Waals surface area contributed by atoms with Gasteiger partial charge in [-0.1, -0.05) is 23.7 Å². The number of amides is 1. The fourth-order valence-corrected chi connectivity index (χ4v) is 2.58. The van der Waals surface area contributed by atoms with Gasteiger partial charge in [-0.2, -0.15) is 0 Å². The predicted octanol–water partition coefficient (Wildman–Crippen LogP) is 3.55. The van der Waals surface area contributed by atoms with Gasteiger partial charge in [-0.15, -0.1) is 0 Å². The SMILES string of the molecule is CCOc1ccccc1NC(=O)COC(=O)c1cc(Cl)c(OC)c(OC)c1. The first-order valence-electron chi connectivity index (χ1n) is 8.10. The number of halogens is 1. The molecule has 0 spiro atoms. The van der Waals surface area contributed by atoms with E-state index in [9.17, 15) is 9.59 Å². The minimum atomic E-state index is -0.717. The maximum Gasteiger partial charge on any atom is 0.338 e. The number of benzene rings is 2. The lowest BCUT2D eigenvalue weighted by atomic mass is 10.2. The third-order valence-corrected chi connectivity index (χ3v) is 3.75. The van der Waals surface area contributed by atoms with Crippen molar-refractivity contribution in [2.75, 3.05) is 32.8 Å². The number of anilines is 1. The van der Waals surface area contributed by atoms with Gasteiger partial charge in [0.1, 0.15) is 5.75 Å². The van der Waals surface area contributed by atoms with Crippen molar-refractivity contribution in [3.05, 3.63) is 47.0 Å². The van der Waals surface area contributed by atoms with Gasteiger partial charge in [-0.3, -0.25) is 4.79 Å². The largest absolute Gasteiger partial charge is 0.493 e. The highest BCUT2D eigenvalue weighted by Crippen LogP contribution is 2.36. The molecule has 0 unspecified atom stereocenters. The summed E-state index contributed by atoms with van der Waals surface area (Å²) in [6.07, 6.45) is 0. The molecular formula is C19H20ClNO6. The van der Waals surface area contributed by atoms with E-state index in [1.54, 1.807) is 24.3 Å². The zero-order valence-electron chi connectivity index (χ0n) is 15.2. The Labute approximate surface area is 162 Å². The van der Waals surface area contributed by atoms with Gasteiger partial charge in [-0.25, -0.2) is 4.79 Å². The van der Waals surface area contributed by atoms with Crippen LogP contribution in [0.3, 0.4) is 0 Å². The molecule has 0 aliphatic carbocycles. The van der Waals surface area contributed by atoms with Gasteiger partial charge in [0.2, 0.25) is 0 Å². The summed E-state index contributed by atoms with van der Waals surface area (Å²) in [6.45, 7) is 1.84. The fraction of sp³-hybridized carbons (Fsp3) is 0.263. The van der Waals surface area contributed by atoms with E-state index < -0.39 is 18.5 Å². The highest BCUT2D eigenvalue weighted by molar-refractivity contribution is 6.32. The topological polar surface area (TPSA) is 83.1 Å². The Morgan fingerprint density at radius 3 is 2.48 bits per heavy atom. The van der Waals surface area contributed by atoms with Gasteiger partial charge in [-0.05, 0) is 31.2 Å². The molecule has 1 amide bonds. The molecule has 0 aromatic heterocycles. The average Bonchev–Trinajstić information content (AvgIpc) is 2.67. The molecule has 27 heavy (non-hydrogen) atoms. The van der Waals surface area contributed by atoms with E-state index in [4.69, 9.17) is 30.5 Å². The molecule has 0 heterocycles. The molecule has 1 N–H and O–H groups in total. The second-order valence-electron chi connectivity index (χ2n) is 5.25. The molecule has 0 radical (unpaired) electrons. The Balaban J connectivity index is 2.01. The normalized spacial score (nSPS) is 10.1. The highest BCUT2D eigenvalue weighted by atomic mass is 35.5. The van der Waals surface area contributed by atoms with Crippen LogP contribution in [0.1, 0.15) is 17.3 Å². The lowest BCUT2D eigenvalue weighted by Crippen LogP contribution is -2.21. The van der Waals surface area contributed by atoms with E-state index in [2.05, 4.69) is 5.32 Å². The van der Waals surface area contributed by atoms with Crippen molar-refractivity contribution in [2.24, 2.45) is 0 Å². The van der Waals surface area contributed by atoms with Crippen molar-refractivity contribution in [1.29, 1.82) is 0 Å². The molecule has 0 saturated heterocycles. The zero-order valence-corrected chi connectivity index (χ0v) is 16.0. The third kappa shape index (κ3) is 5.27. The maximum atomic E-state index is 12.2. The summed E-state index contributed by atoms with van der Waals surface area (Å²) in [4.78, 5) is 24.3. The van der Waals surface area contributed by atoms with Crippen LogP contribution in [0.15, 0.2) is 36.4 Å². The number of esters is 1. The van der Waals surface area contributed by atoms with Crippen LogP contribution in [0.5, 0.6) is 17.2 Å². The second-order valence-corrected chi connectivity index (χ2v) is 5.65. The van der Waals surface area contributed by atoms with Crippen LogP contribution in [-0.4, -0.2) is 39.3 Å². The van der Waals surface area contributed by atoms with Crippen molar-refractivity contribution in [3.8, 4) is 17.2 Å². The summed E-state index contributed by atoms with van der Waals surface area (Å²) in [5, 5.41) is 2.84. The van der Waals surface area contributed by atoms with Gasteiger partial charge in [0.25, 0.3) is 5.91 Å². The van der Waals surface area contributed by atoms with E-state index in [-0.39, 0.29) is 16.3 Å². The average molecular weight is 394 g/mol. The summed E-state index contributed by atoms with van der Waals surface area (Å²) in [7, 11) is 2.86. The molecule has 0 aliphatic rings. The Morgan fingerprint density at radius 2 is 1.81 bits per heavy atom. The molecule has 144 valence electrons. The lowest BCUT2D eigenvalue weighted by molar-refractivity contribution is -0.119. The van der Waals surface area contributed by atoms with Crippen LogP contribution >= 0.6 is 11.6 Å². The molecule has 0 atom stereocenters. The van der Waals surface area contributed by atoms with Gasteiger partial charge in [0.05, 0.1) is 37.1 Å². The van der Waals surface area contributed by atoms with Crippen molar-refractivity contribution in [2.45, 2.75) is 6.92 Å². The van der Waals surface area contributed by atoms with E-state index in [1.165, 1.54) is 26.4 Å². The van der Waals surface area contributed by atoms with Crippen molar-refractivity contribution in [3.63, 3.8) is 0 Å². The van der Waals surface area contributed by atoms with Crippen LogP contribution in [0.4, 0.5) is 5.69 Å². The number of ether oxygens (including phenoxy) is 4. The molecule has 2 rings (SSSR count). The Morgan fingerprint density at radius 1 is 1.07 bits per heavy atom. The number of carbonyl (C=O) groups excluding carboxylic acids is 2. The first kappa shape index (κ1) is 20.4. The highest BCUT2D eigenvalue weighted by Gasteiger charge is 2.17. The quantitative estimate of drug-likeness (QED) is 0.690. The predicted molar refractivity (Wildman–Crippen MR) is 101 cm³/mol. The van der Waals surface area contributed by atoms with Gasteiger partial charge in [0, 0.05) is 0 Å². The number of hydrogen-bond acceptors (Lipinski definition) is 6. The molecule has 0 bridgehead atoms. The fourth-order valence-electron chi connectivity index (χ4n) is 2.29. The van der Waals surface area contributed by atoms with Crippen LogP contribution < -0.4 is 19.5 Å². The summed E-state index contributed by atoms with van der Waals surface area (Å²) in [5.74, 6) is -0.0902. The Hall–Kier alpha value is -2.93. The first-order chi connectivity index (χ1) is 13.0. The van der Waals surface area contributed by atoms with Crippen molar-refractivity contribution < 1.29 is 28.5 Å². The Kier molecular flexibility index (Phi) is 7.31. The molecule has 2 aromatic rings. The minimum absolute atomic E-state index is 0.139. The van der Waals surface area contributed by atoms with Gasteiger partial charge >= 0.3 is 5.97 Å². The first-order valence-corrected chi connectivity index (χ1v) is 8.48. The van der Waals surface area contributed by atoms with E-state index >= 15 is 0 Å². The Bertz CT molecular complexity index is 824. The lowest BCUT2D eigenvalue weighted by Gasteiger charge is -2.12. The third-order valence-electron chi connectivity index (χ3n) is 3.46. The van der Waals surface area contributed by atoms with E-state index in [1.807, 2.05) is 6.92 Å².